The number of nitrogens with one attached hydrogen (secondary N) is 1. The Labute approximate surface area is 124 Å². The van der Waals surface area contributed by atoms with Gasteiger partial charge in [0, 0.05) is 18.8 Å². The fourth-order valence-electron chi connectivity index (χ4n) is 1.42. The molecule has 4 nitrogen and oxygen atoms in total. The third kappa shape index (κ3) is 7.06. The van der Waals surface area contributed by atoms with E-state index in [0.717, 1.165) is 12.3 Å². The summed E-state index contributed by atoms with van der Waals surface area (Å²) in [6, 6.07) is 8.84. The zero-order chi connectivity index (χ0) is 14.6. The van der Waals surface area contributed by atoms with E-state index in [2.05, 4.69) is 11.2 Å². The van der Waals surface area contributed by atoms with Crippen LogP contribution >= 0.6 is 11.8 Å². The molecule has 0 fully saturated rings. The summed E-state index contributed by atoms with van der Waals surface area (Å²) >= 11 is 1.68. The average Bonchev–Trinajstić information content (AvgIpc) is 2.49. The predicted molar refractivity (Wildman–Crippen MR) is 81.7 cm³/mol. The molecular formula is C15H18N2O2S. The fraction of sp³-hybridized carbons (Fsp3) is 0.400. The maximum atomic E-state index is 9.73. The van der Waals surface area contributed by atoms with Gasteiger partial charge < -0.3 is 15.2 Å². The number of thioether (sulfide) groups is 1. The minimum Gasteiger partial charge on any atom is -0.491 e. The quantitative estimate of drug-likeness (QED) is 0.529. The largest absolute Gasteiger partial charge is 0.491 e. The van der Waals surface area contributed by atoms with Crippen LogP contribution in [0.5, 0.6) is 5.75 Å². The minimum absolute atomic E-state index is 0.219. The summed E-state index contributed by atoms with van der Waals surface area (Å²) in [5.74, 6) is 4.84. The lowest BCUT2D eigenvalue weighted by Crippen LogP contribution is -2.32. The molecule has 0 radical (unpaired) electrons. The highest BCUT2D eigenvalue weighted by molar-refractivity contribution is 7.99. The van der Waals surface area contributed by atoms with Gasteiger partial charge >= 0.3 is 0 Å². The van der Waals surface area contributed by atoms with Crippen molar-refractivity contribution in [2.45, 2.75) is 6.10 Å². The van der Waals surface area contributed by atoms with Crippen LogP contribution < -0.4 is 10.1 Å². The van der Waals surface area contributed by atoms with Gasteiger partial charge in [0.05, 0.1) is 17.4 Å². The van der Waals surface area contributed by atoms with Gasteiger partial charge in [0.15, 0.2) is 0 Å². The second-order valence-electron chi connectivity index (χ2n) is 4.06. The van der Waals surface area contributed by atoms with E-state index in [1.165, 1.54) is 0 Å². The van der Waals surface area contributed by atoms with Gasteiger partial charge in [-0.2, -0.15) is 5.26 Å². The summed E-state index contributed by atoms with van der Waals surface area (Å²) in [6.07, 6.45) is 4.57. The van der Waals surface area contributed by atoms with Crippen LogP contribution in [0.25, 0.3) is 0 Å². The molecule has 0 spiro atoms. The van der Waals surface area contributed by atoms with Crippen molar-refractivity contribution < 1.29 is 9.84 Å². The Morgan fingerprint density at radius 2 is 2.15 bits per heavy atom. The van der Waals surface area contributed by atoms with Gasteiger partial charge in [0.2, 0.25) is 0 Å². The van der Waals surface area contributed by atoms with E-state index in [9.17, 15) is 5.11 Å². The van der Waals surface area contributed by atoms with Crippen molar-refractivity contribution in [3.63, 3.8) is 0 Å². The maximum Gasteiger partial charge on any atom is 0.119 e. The Kier molecular flexibility index (Phi) is 8.33. The van der Waals surface area contributed by atoms with Crippen molar-refractivity contribution in [3.8, 4) is 24.2 Å². The number of nitriles is 1. The van der Waals surface area contributed by atoms with E-state index in [1.54, 1.807) is 36.0 Å². The smallest absolute Gasteiger partial charge is 0.119 e. The van der Waals surface area contributed by atoms with Gasteiger partial charge in [-0.3, -0.25) is 0 Å². The lowest BCUT2D eigenvalue weighted by Gasteiger charge is -2.13. The molecule has 0 aliphatic carbocycles. The third-order valence-corrected chi connectivity index (χ3v) is 3.28. The number of aliphatic hydroxyl groups excluding tert-OH is 1. The van der Waals surface area contributed by atoms with Crippen molar-refractivity contribution in [2.24, 2.45) is 0 Å². The molecule has 0 saturated heterocycles. The molecule has 0 heterocycles. The van der Waals surface area contributed by atoms with Gasteiger partial charge in [0.25, 0.3) is 0 Å². The summed E-state index contributed by atoms with van der Waals surface area (Å²) in [5, 5.41) is 21.5. The van der Waals surface area contributed by atoms with Crippen LogP contribution in [0.2, 0.25) is 0 Å². The fourth-order valence-corrected chi connectivity index (χ4v) is 1.97. The number of ether oxygens (including phenoxy) is 1. The standard InChI is InChI=1S/C15H18N2O2S/c1-2-8-20-9-7-17-11-14(18)12-19-15-5-3-13(10-16)4-6-15/h1,3-6,14,17-18H,7-9,11-12H2. The monoisotopic (exact) mass is 290 g/mol. The van der Waals surface area contributed by atoms with Crippen LogP contribution in [0.3, 0.4) is 0 Å². The van der Waals surface area contributed by atoms with Crippen LogP contribution in [0.15, 0.2) is 24.3 Å². The molecule has 5 heteroatoms. The zero-order valence-corrected chi connectivity index (χ0v) is 12.0. The molecule has 0 aliphatic heterocycles. The number of aliphatic hydroxyl groups is 1. The van der Waals surface area contributed by atoms with E-state index in [4.69, 9.17) is 16.4 Å². The van der Waals surface area contributed by atoms with Gasteiger partial charge in [-0.05, 0) is 24.3 Å². The molecule has 1 aromatic carbocycles. The Morgan fingerprint density at radius 1 is 1.40 bits per heavy atom. The van der Waals surface area contributed by atoms with E-state index in [1.807, 2.05) is 6.07 Å². The molecule has 0 saturated carbocycles. The molecule has 20 heavy (non-hydrogen) atoms. The lowest BCUT2D eigenvalue weighted by atomic mass is 10.2. The average molecular weight is 290 g/mol. The van der Waals surface area contributed by atoms with Gasteiger partial charge in [-0.25, -0.2) is 0 Å². The molecule has 1 aromatic rings. The van der Waals surface area contributed by atoms with E-state index < -0.39 is 6.10 Å². The Balaban J connectivity index is 2.11. The molecule has 1 unspecified atom stereocenters. The summed E-state index contributed by atoms with van der Waals surface area (Å²) in [7, 11) is 0. The van der Waals surface area contributed by atoms with Crippen LogP contribution in [0.1, 0.15) is 5.56 Å². The van der Waals surface area contributed by atoms with Crippen molar-refractivity contribution in [1.82, 2.24) is 5.32 Å². The Hall–Kier alpha value is -1.66. The first kappa shape index (κ1) is 16.4. The Bertz CT molecular complexity index is 462. The number of hydrogen-bond donors (Lipinski definition) is 2. The van der Waals surface area contributed by atoms with E-state index >= 15 is 0 Å². The number of rotatable bonds is 9. The normalized spacial score (nSPS) is 11.3. The lowest BCUT2D eigenvalue weighted by molar-refractivity contribution is 0.107. The second kappa shape index (κ2) is 10.2. The summed E-state index contributed by atoms with van der Waals surface area (Å²) in [5.41, 5.74) is 0.587. The van der Waals surface area contributed by atoms with Crippen LogP contribution in [0.4, 0.5) is 0 Å². The van der Waals surface area contributed by atoms with Gasteiger partial charge in [-0.15, -0.1) is 18.2 Å². The second-order valence-corrected chi connectivity index (χ2v) is 5.17. The highest BCUT2D eigenvalue weighted by atomic mass is 32.2. The first-order chi connectivity index (χ1) is 9.76. The Morgan fingerprint density at radius 3 is 2.80 bits per heavy atom. The maximum absolute atomic E-state index is 9.73. The summed E-state index contributed by atoms with van der Waals surface area (Å²) < 4.78 is 5.43. The molecule has 0 aromatic heterocycles. The molecule has 1 rings (SSSR count). The van der Waals surface area contributed by atoms with E-state index in [0.29, 0.717) is 23.6 Å². The molecule has 106 valence electrons. The van der Waals surface area contributed by atoms with Crippen LogP contribution in [0, 0.1) is 23.7 Å². The van der Waals surface area contributed by atoms with Crippen molar-refractivity contribution >= 4 is 11.8 Å². The van der Waals surface area contributed by atoms with Crippen molar-refractivity contribution in [3.05, 3.63) is 29.8 Å². The van der Waals surface area contributed by atoms with Crippen LogP contribution in [-0.4, -0.2) is 42.4 Å². The third-order valence-electron chi connectivity index (χ3n) is 2.41. The van der Waals surface area contributed by atoms with Gasteiger partial charge in [0.1, 0.15) is 18.5 Å². The molecule has 0 aliphatic rings. The summed E-state index contributed by atoms with van der Waals surface area (Å²) in [6.45, 7) is 1.50. The SMILES string of the molecule is C#CCSCCNCC(O)COc1ccc(C#N)cc1. The molecule has 0 amide bonds. The number of terminal acetylenes is 1. The first-order valence-electron chi connectivity index (χ1n) is 6.29. The van der Waals surface area contributed by atoms with Crippen LogP contribution in [-0.2, 0) is 0 Å². The minimum atomic E-state index is -0.566. The molecule has 0 bridgehead atoms. The molecule has 1 atom stereocenters. The summed E-state index contributed by atoms with van der Waals surface area (Å²) in [4.78, 5) is 0. The highest BCUT2D eigenvalue weighted by Gasteiger charge is 2.04. The predicted octanol–water partition coefficient (Wildman–Crippen LogP) is 1.25. The zero-order valence-electron chi connectivity index (χ0n) is 11.2. The molecular weight excluding hydrogens is 272 g/mol. The highest BCUT2D eigenvalue weighted by Crippen LogP contribution is 2.11. The van der Waals surface area contributed by atoms with Crippen molar-refractivity contribution in [1.29, 1.82) is 5.26 Å². The van der Waals surface area contributed by atoms with Gasteiger partial charge in [-0.1, -0.05) is 5.92 Å². The number of nitrogens with zero attached hydrogens (tertiary/aromatic N) is 1. The van der Waals surface area contributed by atoms with E-state index in [-0.39, 0.29) is 6.61 Å². The molecule has 2 N–H and O–H groups in total. The first-order valence-corrected chi connectivity index (χ1v) is 7.44. The topological polar surface area (TPSA) is 65.3 Å². The number of benzene rings is 1. The van der Waals surface area contributed by atoms with Crippen molar-refractivity contribution in [2.75, 3.05) is 31.2 Å². The number of hydrogen-bond acceptors (Lipinski definition) is 5.